The Labute approximate surface area is 177 Å². The first kappa shape index (κ1) is 20.4. The average molecular weight is 476 g/mol. The molecule has 0 aliphatic heterocycles. The molecule has 0 aliphatic carbocycles. The van der Waals surface area contributed by atoms with Crippen molar-refractivity contribution in [1.82, 2.24) is 15.6 Å². The molecule has 3 aromatic rings. The number of phenolic OH excluding ortho intramolecular Hbond substituents is 2. The van der Waals surface area contributed by atoms with Gasteiger partial charge in [0.25, 0.3) is 5.91 Å². The first-order valence-corrected chi connectivity index (χ1v) is 9.75. The molecule has 11 heteroatoms. The summed E-state index contributed by atoms with van der Waals surface area (Å²) < 4.78 is 0.863. The number of aromatic nitrogens is 2. The van der Waals surface area contributed by atoms with Crippen molar-refractivity contribution < 1.29 is 19.8 Å². The highest BCUT2D eigenvalue weighted by Crippen LogP contribution is 2.21. The Balaban J connectivity index is 1.52. The van der Waals surface area contributed by atoms with Crippen LogP contribution >= 0.6 is 27.3 Å². The normalized spacial score (nSPS) is 10.8. The molecule has 0 radical (unpaired) electrons. The maximum Gasteiger partial charge on any atom is 0.257 e. The smallest absolute Gasteiger partial charge is 0.257 e. The zero-order chi connectivity index (χ0) is 20.8. The van der Waals surface area contributed by atoms with Gasteiger partial charge in [-0.1, -0.05) is 27.3 Å². The highest BCUT2D eigenvalue weighted by atomic mass is 79.9. The van der Waals surface area contributed by atoms with Gasteiger partial charge in [0.05, 0.1) is 12.6 Å². The Morgan fingerprint density at radius 3 is 2.62 bits per heavy atom. The molecule has 0 fully saturated rings. The van der Waals surface area contributed by atoms with Gasteiger partial charge in [0.1, 0.15) is 16.5 Å². The number of amides is 2. The molecule has 3 rings (SSSR count). The van der Waals surface area contributed by atoms with Crippen molar-refractivity contribution >= 4 is 50.4 Å². The van der Waals surface area contributed by atoms with E-state index in [-0.39, 0.29) is 29.0 Å². The van der Waals surface area contributed by atoms with Crippen LogP contribution in [0.4, 0.5) is 5.13 Å². The number of carbonyl (C=O) groups is 2. The van der Waals surface area contributed by atoms with Crippen molar-refractivity contribution in [2.75, 3.05) is 5.32 Å². The number of halogens is 1. The van der Waals surface area contributed by atoms with Gasteiger partial charge in [-0.2, -0.15) is 5.10 Å². The Morgan fingerprint density at radius 1 is 1.14 bits per heavy atom. The van der Waals surface area contributed by atoms with Gasteiger partial charge >= 0.3 is 0 Å². The summed E-state index contributed by atoms with van der Waals surface area (Å²) >= 11 is 4.38. The third-order valence-corrected chi connectivity index (χ3v) is 4.88. The summed E-state index contributed by atoms with van der Waals surface area (Å²) in [6.45, 7) is 0. The van der Waals surface area contributed by atoms with E-state index in [9.17, 15) is 19.8 Å². The van der Waals surface area contributed by atoms with Crippen LogP contribution in [0.15, 0.2) is 52.0 Å². The Bertz CT molecular complexity index is 1070. The Hall–Kier alpha value is -3.31. The van der Waals surface area contributed by atoms with Gasteiger partial charge in [0.2, 0.25) is 11.0 Å². The SMILES string of the molecule is O=C(Cc1nnc(NC(=O)c2ccc(Br)cc2)s1)N/N=C\c1ccc(O)cc1O. The molecule has 1 aromatic heterocycles. The van der Waals surface area contributed by atoms with Gasteiger partial charge in [-0.25, -0.2) is 5.43 Å². The van der Waals surface area contributed by atoms with Crippen molar-refractivity contribution in [2.24, 2.45) is 5.10 Å². The number of anilines is 1. The van der Waals surface area contributed by atoms with Crippen molar-refractivity contribution in [3.8, 4) is 11.5 Å². The van der Waals surface area contributed by atoms with Gasteiger partial charge in [0, 0.05) is 21.7 Å². The fourth-order valence-corrected chi connectivity index (χ4v) is 3.14. The number of benzene rings is 2. The second-order valence-electron chi connectivity index (χ2n) is 5.68. The third kappa shape index (κ3) is 5.83. The number of nitrogens with one attached hydrogen (secondary N) is 2. The zero-order valence-electron chi connectivity index (χ0n) is 14.7. The van der Waals surface area contributed by atoms with Crippen LogP contribution in [0.1, 0.15) is 20.9 Å². The van der Waals surface area contributed by atoms with Crippen LogP contribution in [0.5, 0.6) is 11.5 Å². The van der Waals surface area contributed by atoms with Gasteiger partial charge < -0.3 is 10.2 Å². The number of aromatic hydroxyl groups is 2. The predicted octanol–water partition coefficient (Wildman–Crippen LogP) is 2.66. The van der Waals surface area contributed by atoms with E-state index >= 15 is 0 Å². The van der Waals surface area contributed by atoms with Gasteiger partial charge in [-0.15, -0.1) is 10.2 Å². The number of hydrazone groups is 1. The lowest BCUT2D eigenvalue weighted by Crippen LogP contribution is -2.19. The summed E-state index contributed by atoms with van der Waals surface area (Å²) in [7, 11) is 0. The highest BCUT2D eigenvalue weighted by molar-refractivity contribution is 9.10. The van der Waals surface area contributed by atoms with Crippen LogP contribution < -0.4 is 10.7 Å². The average Bonchev–Trinajstić information content (AvgIpc) is 3.10. The van der Waals surface area contributed by atoms with Crippen LogP contribution in [0, 0.1) is 0 Å². The van der Waals surface area contributed by atoms with E-state index in [4.69, 9.17) is 0 Å². The van der Waals surface area contributed by atoms with Crippen molar-refractivity contribution in [3.05, 3.63) is 63.1 Å². The largest absolute Gasteiger partial charge is 0.508 e. The molecular formula is C18H14BrN5O4S. The van der Waals surface area contributed by atoms with Crippen LogP contribution in [0.25, 0.3) is 0 Å². The van der Waals surface area contributed by atoms with Gasteiger partial charge in [0.15, 0.2) is 0 Å². The molecule has 0 aliphatic rings. The van der Waals surface area contributed by atoms with E-state index in [1.54, 1.807) is 24.3 Å². The molecule has 9 nitrogen and oxygen atoms in total. The molecule has 0 atom stereocenters. The summed E-state index contributed by atoms with van der Waals surface area (Å²) in [6, 6.07) is 10.8. The molecule has 2 amide bonds. The number of hydrogen-bond donors (Lipinski definition) is 4. The molecule has 0 saturated carbocycles. The summed E-state index contributed by atoms with van der Waals surface area (Å²) in [6.07, 6.45) is 1.17. The summed E-state index contributed by atoms with van der Waals surface area (Å²) in [5, 5.41) is 33.7. The maximum atomic E-state index is 12.2. The summed E-state index contributed by atoms with van der Waals surface area (Å²) in [4.78, 5) is 24.1. The highest BCUT2D eigenvalue weighted by Gasteiger charge is 2.12. The van der Waals surface area contributed by atoms with E-state index in [1.165, 1.54) is 18.3 Å². The van der Waals surface area contributed by atoms with Crippen molar-refractivity contribution in [1.29, 1.82) is 0 Å². The molecule has 0 unspecified atom stereocenters. The molecule has 29 heavy (non-hydrogen) atoms. The summed E-state index contributed by atoms with van der Waals surface area (Å²) in [5.41, 5.74) is 3.10. The molecule has 0 saturated heterocycles. The fraction of sp³-hybridized carbons (Fsp3) is 0.0556. The molecule has 1 heterocycles. The fourth-order valence-electron chi connectivity index (χ4n) is 2.14. The lowest BCUT2D eigenvalue weighted by atomic mass is 10.2. The van der Waals surface area contributed by atoms with Gasteiger partial charge in [-0.05, 0) is 36.4 Å². The number of carbonyl (C=O) groups excluding carboxylic acids is 2. The van der Waals surface area contributed by atoms with Crippen LogP contribution in [-0.4, -0.2) is 38.4 Å². The maximum absolute atomic E-state index is 12.2. The summed E-state index contributed by atoms with van der Waals surface area (Å²) in [5.74, 6) is -1.02. The monoisotopic (exact) mass is 475 g/mol. The van der Waals surface area contributed by atoms with Crippen molar-refractivity contribution in [2.45, 2.75) is 6.42 Å². The van der Waals surface area contributed by atoms with E-state index in [0.29, 0.717) is 16.1 Å². The third-order valence-electron chi connectivity index (χ3n) is 3.51. The van der Waals surface area contributed by atoms with E-state index in [0.717, 1.165) is 21.9 Å². The number of nitrogens with zero attached hydrogens (tertiary/aromatic N) is 3. The number of rotatable bonds is 6. The van der Waals surface area contributed by atoms with Gasteiger partial charge in [-0.3, -0.25) is 14.9 Å². The minimum Gasteiger partial charge on any atom is -0.508 e. The van der Waals surface area contributed by atoms with E-state index in [1.807, 2.05) is 0 Å². The minimum absolute atomic E-state index is 0.0786. The molecule has 0 bridgehead atoms. The Kier molecular flexibility index (Phi) is 6.52. The van der Waals surface area contributed by atoms with Crippen LogP contribution in [0.2, 0.25) is 0 Å². The van der Waals surface area contributed by atoms with E-state index in [2.05, 4.69) is 42.0 Å². The molecule has 4 N–H and O–H groups in total. The second-order valence-corrected chi connectivity index (χ2v) is 7.65. The Morgan fingerprint density at radius 2 is 1.90 bits per heavy atom. The van der Waals surface area contributed by atoms with Crippen LogP contribution in [0.3, 0.4) is 0 Å². The lowest BCUT2D eigenvalue weighted by Gasteiger charge is -2.01. The first-order valence-electron chi connectivity index (χ1n) is 8.14. The molecule has 0 spiro atoms. The zero-order valence-corrected chi connectivity index (χ0v) is 17.1. The standard InChI is InChI=1S/C18H14BrN5O4S/c19-12-4-1-10(2-5-12)17(28)21-18-24-23-16(29-18)8-15(27)22-20-9-11-3-6-13(25)7-14(11)26/h1-7,9,25-26H,8H2,(H,22,27)(H,21,24,28)/b20-9-. The molecular weight excluding hydrogens is 462 g/mol. The molecule has 2 aromatic carbocycles. The first-order chi connectivity index (χ1) is 13.9. The minimum atomic E-state index is -0.443. The lowest BCUT2D eigenvalue weighted by molar-refractivity contribution is -0.120. The van der Waals surface area contributed by atoms with Crippen LogP contribution in [-0.2, 0) is 11.2 Å². The topological polar surface area (TPSA) is 137 Å². The van der Waals surface area contributed by atoms with Crippen molar-refractivity contribution in [3.63, 3.8) is 0 Å². The number of phenols is 2. The number of hydrogen-bond acceptors (Lipinski definition) is 8. The predicted molar refractivity (Wildman–Crippen MR) is 111 cm³/mol. The second kappa shape index (κ2) is 9.26. The molecule has 148 valence electrons. The quantitative estimate of drug-likeness (QED) is 0.319. The van der Waals surface area contributed by atoms with E-state index < -0.39 is 5.91 Å².